The van der Waals surface area contributed by atoms with Gasteiger partial charge in [0.05, 0.1) is 0 Å². The Balaban J connectivity index is 1.87. The van der Waals surface area contributed by atoms with Crippen molar-refractivity contribution in [3.63, 3.8) is 0 Å². The summed E-state index contributed by atoms with van der Waals surface area (Å²) in [5.41, 5.74) is 3.01. The number of aryl methyl sites for hydroxylation is 1. The molecule has 0 saturated heterocycles. The van der Waals surface area contributed by atoms with Crippen LogP contribution in [0.25, 0.3) is 0 Å². The Hall–Kier alpha value is -2.62. The molecule has 29 heavy (non-hydrogen) atoms. The van der Waals surface area contributed by atoms with Crippen molar-refractivity contribution in [1.29, 1.82) is 0 Å². The van der Waals surface area contributed by atoms with Crippen LogP contribution in [0, 0.1) is 5.92 Å². The lowest BCUT2D eigenvalue weighted by molar-refractivity contribution is -0.123. The van der Waals surface area contributed by atoms with E-state index in [0.29, 0.717) is 12.1 Å². The van der Waals surface area contributed by atoms with Gasteiger partial charge in [-0.2, -0.15) is 0 Å². The normalized spacial score (nSPS) is 11.9. The van der Waals surface area contributed by atoms with E-state index in [1.165, 1.54) is 30.4 Å². The molecule has 2 amide bonds. The zero-order chi connectivity index (χ0) is 21.1. The van der Waals surface area contributed by atoms with Gasteiger partial charge >= 0.3 is 0 Å². The van der Waals surface area contributed by atoms with E-state index in [1.54, 1.807) is 0 Å². The minimum Gasteiger partial charge on any atom is -0.354 e. The van der Waals surface area contributed by atoms with Gasteiger partial charge in [0.2, 0.25) is 5.91 Å². The zero-order valence-corrected chi connectivity index (χ0v) is 17.9. The van der Waals surface area contributed by atoms with Crippen molar-refractivity contribution in [2.75, 3.05) is 6.54 Å². The van der Waals surface area contributed by atoms with E-state index in [4.69, 9.17) is 0 Å². The highest BCUT2D eigenvalue weighted by atomic mass is 16.2. The minimum atomic E-state index is -0.553. The maximum Gasteiger partial charge on any atom is 0.251 e. The molecular weight excluding hydrogens is 360 g/mol. The van der Waals surface area contributed by atoms with Gasteiger partial charge in [-0.1, -0.05) is 76.1 Å². The Bertz CT molecular complexity index is 754. The molecule has 2 N–H and O–H groups in total. The SMILES string of the molecule is CCCCCc1ccc(C(=O)NC(C(=O)NCCc2ccccc2)C(C)C)cc1. The number of unbranched alkanes of at least 4 members (excludes halogenated alkanes) is 2. The molecule has 2 aromatic carbocycles. The molecule has 0 aliphatic heterocycles. The number of benzene rings is 2. The number of hydrogen-bond donors (Lipinski definition) is 2. The lowest BCUT2D eigenvalue weighted by Crippen LogP contribution is -2.50. The van der Waals surface area contributed by atoms with E-state index >= 15 is 0 Å². The second kappa shape index (κ2) is 12.1. The summed E-state index contributed by atoms with van der Waals surface area (Å²) in [7, 11) is 0. The molecule has 0 bridgehead atoms. The van der Waals surface area contributed by atoms with Crippen molar-refractivity contribution in [3.8, 4) is 0 Å². The maximum atomic E-state index is 12.6. The second-order valence-electron chi connectivity index (χ2n) is 7.88. The fourth-order valence-electron chi connectivity index (χ4n) is 3.25. The number of carbonyl (C=O) groups is 2. The van der Waals surface area contributed by atoms with Crippen LogP contribution in [0.2, 0.25) is 0 Å². The summed E-state index contributed by atoms with van der Waals surface area (Å²) in [6, 6.07) is 17.2. The average molecular weight is 395 g/mol. The van der Waals surface area contributed by atoms with Crippen LogP contribution in [-0.4, -0.2) is 24.4 Å². The van der Waals surface area contributed by atoms with Crippen LogP contribution in [-0.2, 0) is 17.6 Å². The van der Waals surface area contributed by atoms with E-state index in [1.807, 2.05) is 68.4 Å². The van der Waals surface area contributed by atoms with Crippen molar-refractivity contribution in [2.24, 2.45) is 5.92 Å². The first-order valence-electron chi connectivity index (χ1n) is 10.7. The van der Waals surface area contributed by atoms with Gasteiger partial charge in [0.1, 0.15) is 6.04 Å². The van der Waals surface area contributed by atoms with Gasteiger partial charge in [0.15, 0.2) is 0 Å². The Morgan fingerprint density at radius 1 is 0.862 bits per heavy atom. The predicted octanol–water partition coefficient (Wildman–Crippen LogP) is 4.53. The highest BCUT2D eigenvalue weighted by Crippen LogP contribution is 2.10. The number of carbonyl (C=O) groups excluding carboxylic acids is 2. The molecule has 4 heteroatoms. The van der Waals surface area contributed by atoms with Crippen LogP contribution in [0.5, 0.6) is 0 Å². The van der Waals surface area contributed by atoms with Gasteiger partial charge in [-0.05, 0) is 48.4 Å². The summed E-state index contributed by atoms with van der Waals surface area (Å²) < 4.78 is 0. The Kier molecular flexibility index (Phi) is 9.42. The van der Waals surface area contributed by atoms with Crippen LogP contribution < -0.4 is 10.6 Å². The van der Waals surface area contributed by atoms with Crippen LogP contribution in [0.3, 0.4) is 0 Å². The van der Waals surface area contributed by atoms with E-state index in [9.17, 15) is 9.59 Å². The lowest BCUT2D eigenvalue weighted by Gasteiger charge is -2.22. The first-order valence-corrected chi connectivity index (χ1v) is 10.7. The van der Waals surface area contributed by atoms with Crippen molar-refractivity contribution >= 4 is 11.8 Å². The minimum absolute atomic E-state index is 0.00370. The van der Waals surface area contributed by atoms with Crippen molar-refractivity contribution in [3.05, 3.63) is 71.3 Å². The van der Waals surface area contributed by atoms with Gasteiger partial charge in [-0.25, -0.2) is 0 Å². The second-order valence-corrected chi connectivity index (χ2v) is 7.88. The Morgan fingerprint density at radius 2 is 1.52 bits per heavy atom. The molecule has 0 heterocycles. The summed E-state index contributed by atoms with van der Waals surface area (Å²) in [5, 5.41) is 5.86. The summed E-state index contributed by atoms with van der Waals surface area (Å²) in [4.78, 5) is 25.3. The maximum absolute atomic E-state index is 12.6. The fourth-order valence-corrected chi connectivity index (χ4v) is 3.25. The molecule has 0 radical (unpaired) electrons. The van der Waals surface area contributed by atoms with Crippen molar-refractivity contribution in [1.82, 2.24) is 10.6 Å². The van der Waals surface area contributed by atoms with Gasteiger partial charge in [-0.3, -0.25) is 9.59 Å². The predicted molar refractivity (Wildman–Crippen MR) is 119 cm³/mol. The van der Waals surface area contributed by atoms with Gasteiger partial charge in [0.25, 0.3) is 5.91 Å². The molecule has 2 aromatic rings. The monoisotopic (exact) mass is 394 g/mol. The van der Waals surface area contributed by atoms with Gasteiger partial charge in [-0.15, -0.1) is 0 Å². The van der Waals surface area contributed by atoms with E-state index in [0.717, 1.165) is 12.8 Å². The first-order chi connectivity index (χ1) is 14.0. The molecule has 0 spiro atoms. The lowest BCUT2D eigenvalue weighted by atomic mass is 10.0. The van der Waals surface area contributed by atoms with E-state index in [-0.39, 0.29) is 17.7 Å². The molecule has 1 unspecified atom stereocenters. The van der Waals surface area contributed by atoms with Crippen LogP contribution in [0.15, 0.2) is 54.6 Å². The summed E-state index contributed by atoms with van der Waals surface area (Å²) in [6.07, 6.45) is 5.39. The summed E-state index contributed by atoms with van der Waals surface area (Å²) in [5.74, 6) is -0.341. The van der Waals surface area contributed by atoms with E-state index in [2.05, 4.69) is 17.6 Å². The van der Waals surface area contributed by atoms with Crippen LogP contribution in [0.1, 0.15) is 61.5 Å². The fraction of sp³-hybridized carbons (Fsp3) is 0.440. The molecule has 156 valence electrons. The highest BCUT2D eigenvalue weighted by Gasteiger charge is 2.24. The largest absolute Gasteiger partial charge is 0.354 e. The Morgan fingerprint density at radius 3 is 2.14 bits per heavy atom. The molecule has 1 atom stereocenters. The Labute approximate surface area is 175 Å². The van der Waals surface area contributed by atoms with Crippen molar-refractivity contribution < 1.29 is 9.59 Å². The number of amides is 2. The number of rotatable bonds is 11. The average Bonchev–Trinajstić information content (AvgIpc) is 2.73. The molecule has 2 rings (SSSR count). The topological polar surface area (TPSA) is 58.2 Å². The molecule has 0 aliphatic carbocycles. The standard InChI is InChI=1S/C25H34N2O2/c1-4-5-7-10-21-13-15-22(16-14-21)24(28)27-23(19(2)3)25(29)26-18-17-20-11-8-6-9-12-20/h6,8-9,11-16,19,23H,4-5,7,10,17-18H2,1-3H3,(H,26,29)(H,27,28). The highest BCUT2D eigenvalue weighted by molar-refractivity contribution is 5.97. The molecule has 0 fully saturated rings. The third-order valence-electron chi connectivity index (χ3n) is 5.08. The molecule has 0 aromatic heterocycles. The first kappa shape index (κ1) is 22.7. The summed E-state index contributed by atoms with van der Waals surface area (Å²) in [6.45, 7) is 6.63. The molecule has 4 nitrogen and oxygen atoms in total. The molecular formula is C25H34N2O2. The quantitative estimate of drug-likeness (QED) is 0.550. The van der Waals surface area contributed by atoms with Gasteiger partial charge < -0.3 is 10.6 Å². The van der Waals surface area contributed by atoms with Crippen molar-refractivity contribution in [2.45, 2.75) is 58.9 Å². The number of nitrogens with one attached hydrogen (secondary N) is 2. The smallest absolute Gasteiger partial charge is 0.251 e. The third-order valence-corrected chi connectivity index (χ3v) is 5.08. The molecule has 0 saturated carbocycles. The van der Waals surface area contributed by atoms with Gasteiger partial charge in [0, 0.05) is 12.1 Å². The molecule has 0 aliphatic rings. The third kappa shape index (κ3) is 7.72. The zero-order valence-electron chi connectivity index (χ0n) is 17.9. The van der Waals surface area contributed by atoms with E-state index < -0.39 is 6.04 Å². The summed E-state index contributed by atoms with van der Waals surface area (Å²) >= 11 is 0. The number of hydrogen-bond acceptors (Lipinski definition) is 2. The van der Waals surface area contributed by atoms with Crippen LogP contribution >= 0.6 is 0 Å². The van der Waals surface area contributed by atoms with Crippen LogP contribution in [0.4, 0.5) is 0 Å².